The standard InChI is InChI=1S/C11H13NO3/c1-2-5-15-11(14)12-8-3-4-9(12)7-10(13)6-8/h1,8-9H,3-7H2. The van der Waals surface area contributed by atoms with Crippen molar-refractivity contribution in [1.29, 1.82) is 0 Å². The molecule has 1 amide bonds. The van der Waals surface area contributed by atoms with Crippen molar-refractivity contribution in [3.8, 4) is 12.3 Å². The van der Waals surface area contributed by atoms with Gasteiger partial charge in [-0.2, -0.15) is 0 Å². The predicted molar refractivity (Wildman–Crippen MR) is 53.1 cm³/mol. The molecule has 0 aromatic carbocycles. The molecule has 2 saturated heterocycles. The number of ketones is 1. The first-order chi connectivity index (χ1) is 7.22. The van der Waals surface area contributed by atoms with E-state index in [0.717, 1.165) is 12.8 Å². The summed E-state index contributed by atoms with van der Waals surface area (Å²) in [4.78, 5) is 24.6. The fourth-order valence-corrected chi connectivity index (χ4v) is 2.45. The molecule has 4 heteroatoms. The number of piperidine rings is 1. The van der Waals surface area contributed by atoms with Crippen LogP contribution < -0.4 is 0 Å². The Hall–Kier alpha value is -1.50. The summed E-state index contributed by atoms with van der Waals surface area (Å²) in [6.07, 6.45) is 7.40. The van der Waals surface area contributed by atoms with Crippen LogP contribution in [0, 0.1) is 12.3 Å². The number of carbonyl (C=O) groups excluding carboxylic acids is 2. The molecule has 0 saturated carbocycles. The summed E-state index contributed by atoms with van der Waals surface area (Å²) in [5.74, 6) is 2.51. The lowest BCUT2D eigenvalue weighted by atomic mass is 10.0. The third-order valence-corrected chi connectivity index (χ3v) is 3.04. The summed E-state index contributed by atoms with van der Waals surface area (Å²) in [7, 11) is 0. The van der Waals surface area contributed by atoms with Gasteiger partial charge in [0.05, 0.1) is 0 Å². The van der Waals surface area contributed by atoms with Crippen LogP contribution in [0.2, 0.25) is 0 Å². The number of rotatable bonds is 1. The van der Waals surface area contributed by atoms with E-state index in [0.29, 0.717) is 12.8 Å². The Bertz CT molecular complexity index is 315. The van der Waals surface area contributed by atoms with Gasteiger partial charge in [0, 0.05) is 24.9 Å². The van der Waals surface area contributed by atoms with E-state index >= 15 is 0 Å². The van der Waals surface area contributed by atoms with Crippen molar-refractivity contribution in [2.45, 2.75) is 37.8 Å². The zero-order valence-corrected chi connectivity index (χ0v) is 8.44. The van der Waals surface area contributed by atoms with Crippen LogP contribution in [0.5, 0.6) is 0 Å². The number of ether oxygens (including phenoxy) is 1. The topological polar surface area (TPSA) is 46.6 Å². The van der Waals surface area contributed by atoms with Crippen LogP contribution >= 0.6 is 0 Å². The molecule has 2 aliphatic heterocycles. The van der Waals surface area contributed by atoms with E-state index in [9.17, 15) is 9.59 Å². The SMILES string of the molecule is C#CCOC(=O)N1C2CCC1CC(=O)C2. The van der Waals surface area contributed by atoms with Crippen molar-refractivity contribution in [1.82, 2.24) is 4.90 Å². The average Bonchev–Trinajstić information content (AvgIpc) is 2.48. The zero-order chi connectivity index (χ0) is 10.8. The lowest BCUT2D eigenvalue weighted by Crippen LogP contribution is -2.47. The Labute approximate surface area is 88.6 Å². The molecule has 15 heavy (non-hydrogen) atoms. The van der Waals surface area contributed by atoms with Gasteiger partial charge in [-0.3, -0.25) is 4.79 Å². The quantitative estimate of drug-likeness (QED) is 0.601. The summed E-state index contributed by atoms with van der Waals surface area (Å²) >= 11 is 0. The third-order valence-electron chi connectivity index (χ3n) is 3.04. The number of terminal acetylenes is 1. The smallest absolute Gasteiger partial charge is 0.411 e. The molecule has 0 N–H and O–H groups in total. The van der Waals surface area contributed by atoms with Crippen LogP contribution in [-0.2, 0) is 9.53 Å². The minimum absolute atomic E-state index is 0.00270. The van der Waals surface area contributed by atoms with Crippen molar-refractivity contribution < 1.29 is 14.3 Å². The average molecular weight is 207 g/mol. The molecule has 80 valence electrons. The monoisotopic (exact) mass is 207 g/mol. The minimum Gasteiger partial charge on any atom is -0.436 e. The first-order valence-corrected chi connectivity index (χ1v) is 5.12. The second kappa shape index (κ2) is 3.93. The first-order valence-electron chi connectivity index (χ1n) is 5.12. The largest absolute Gasteiger partial charge is 0.436 e. The maximum Gasteiger partial charge on any atom is 0.411 e. The lowest BCUT2D eigenvalue weighted by molar-refractivity contribution is -0.122. The highest BCUT2D eigenvalue weighted by molar-refractivity contribution is 5.83. The molecule has 0 spiro atoms. The normalized spacial score (nSPS) is 28.7. The van der Waals surface area contributed by atoms with Crippen LogP contribution in [0.1, 0.15) is 25.7 Å². The maximum absolute atomic E-state index is 11.6. The summed E-state index contributed by atoms with van der Waals surface area (Å²) in [6.45, 7) is 0.00270. The van der Waals surface area contributed by atoms with Gasteiger partial charge in [-0.25, -0.2) is 4.79 Å². The molecule has 0 aromatic heterocycles. The highest BCUT2D eigenvalue weighted by Crippen LogP contribution is 2.34. The maximum atomic E-state index is 11.6. The van der Waals surface area contributed by atoms with Crippen LogP contribution in [0.25, 0.3) is 0 Å². The number of hydrogen-bond donors (Lipinski definition) is 0. The summed E-state index contributed by atoms with van der Waals surface area (Å²) < 4.78 is 4.89. The molecule has 2 rings (SSSR count). The fourth-order valence-electron chi connectivity index (χ4n) is 2.45. The van der Waals surface area contributed by atoms with Crippen LogP contribution in [0.3, 0.4) is 0 Å². The molecule has 4 nitrogen and oxygen atoms in total. The van der Waals surface area contributed by atoms with Crippen LogP contribution in [-0.4, -0.2) is 35.5 Å². The molecule has 2 heterocycles. The van der Waals surface area contributed by atoms with Gasteiger partial charge in [0.1, 0.15) is 5.78 Å². The van der Waals surface area contributed by atoms with Crippen molar-refractivity contribution in [2.75, 3.05) is 6.61 Å². The molecular weight excluding hydrogens is 194 g/mol. The van der Waals surface area contributed by atoms with Crippen LogP contribution in [0.4, 0.5) is 4.79 Å². The summed E-state index contributed by atoms with van der Waals surface area (Å²) in [6, 6.07) is 0.0862. The van der Waals surface area contributed by atoms with Gasteiger partial charge in [-0.05, 0) is 12.8 Å². The molecule has 2 atom stereocenters. The van der Waals surface area contributed by atoms with E-state index in [1.807, 2.05) is 0 Å². The molecule has 2 fully saturated rings. The van der Waals surface area contributed by atoms with Crippen molar-refractivity contribution in [2.24, 2.45) is 0 Å². The fraction of sp³-hybridized carbons (Fsp3) is 0.636. The van der Waals surface area contributed by atoms with E-state index in [1.165, 1.54) is 0 Å². The Morgan fingerprint density at radius 3 is 2.60 bits per heavy atom. The highest BCUT2D eigenvalue weighted by atomic mass is 16.6. The lowest BCUT2D eigenvalue weighted by Gasteiger charge is -2.32. The second-order valence-corrected chi connectivity index (χ2v) is 4.00. The van der Waals surface area contributed by atoms with Crippen molar-refractivity contribution in [3.05, 3.63) is 0 Å². The van der Waals surface area contributed by atoms with Gasteiger partial charge in [0.2, 0.25) is 0 Å². The highest BCUT2D eigenvalue weighted by Gasteiger charge is 2.43. The van der Waals surface area contributed by atoms with Gasteiger partial charge in [-0.15, -0.1) is 6.42 Å². The van der Waals surface area contributed by atoms with E-state index < -0.39 is 0 Å². The van der Waals surface area contributed by atoms with Gasteiger partial charge in [0.15, 0.2) is 6.61 Å². The second-order valence-electron chi connectivity index (χ2n) is 4.00. The summed E-state index contributed by atoms with van der Waals surface area (Å²) in [5.41, 5.74) is 0. The number of hydrogen-bond acceptors (Lipinski definition) is 3. The summed E-state index contributed by atoms with van der Waals surface area (Å²) in [5, 5.41) is 0. The molecular formula is C11H13NO3. The van der Waals surface area contributed by atoms with E-state index in [-0.39, 0.29) is 30.6 Å². The molecule has 2 unspecified atom stereocenters. The van der Waals surface area contributed by atoms with Gasteiger partial charge < -0.3 is 9.64 Å². The zero-order valence-electron chi connectivity index (χ0n) is 8.44. The van der Waals surface area contributed by atoms with Crippen LogP contribution in [0.15, 0.2) is 0 Å². The Kier molecular flexibility index (Phi) is 2.63. The molecule has 2 bridgehead atoms. The van der Waals surface area contributed by atoms with Crippen molar-refractivity contribution in [3.63, 3.8) is 0 Å². The molecule has 0 aliphatic carbocycles. The number of amides is 1. The van der Waals surface area contributed by atoms with E-state index in [1.54, 1.807) is 4.90 Å². The van der Waals surface area contributed by atoms with E-state index in [2.05, 4.69) is 5.92 Å². The van der Waals surface area contributed by atoms with Gasteiger partial charge in [0.25, 0.3) is 0 Å². The number of carbonyl (C=O) groups is 2. The van der Waals surface area contributed by atoms with Gasteiger partial charge in [-0.1, -0.05) is 5.92 Å². The number of Topliss-reactive ketones (excluding diaryl/α,β-unsaturated/α-hetero) is 1. The third kappa shape index (κ3) is 1.82. The number of nitrogens with zero attached hydrogens (tertiary/aromatic N) is 1. The number of fused-ring (bicyclic) bond motifs is 2. The minimum atomic E-state index is -0.368. The van der Waals surface area contributed by atoms with Crippen molar-refractivity contribution >= 4 is 11.9 Å². The Morgan fingerprint density at radius 1 is 1.47 bits per heavy atom. The van der Waals surface area contributed by atoms with Gasteiger partial charge >= 0.3 is 6.09 Å². The first kappa shape index (κ1) is 10.0. The molecule has 2 aliphatic rings. The Balaban J connectivity index is 2.02. The Morgan fingerprint density at radius 2 is 2.07 bits per heavy atom. The molecule has 0 radical (unpaired) electrons. The van der Waals surface area contributed by atoms with E-state index in [4.69, 9.17) is 11.2 Å². The molecule has 0 aromatic rings. The predicted octanol–water partition coefficient (Wildman–Crippen LogP) is 0.952.